The summed E-state index contributed by atoms with van der Waals surface area (Å²) in [6, 6.07) is 4.08. The molecule has 1 aromatic carbocycles. The van der Waals surface area contributed by atoms with Crippen LogP contribution in [-0.2, 0) is 0 Å². The number of benzene rings is 1. The largest absolute Gasteiger partial charge is 0.383 e. The number of hydrogen-bond acceptors (Lipinski definition) is 2. The molecule has 1 saturated heterocycles. The van der Waals surface area contributed by atoms with Crippen molar-refractivity contribution in [3.05, 3.63) is 27.2 Å². The highest BCUT2D eigenvalue weighted by molar-refractivity contribution is 6.41. The van der Waals surface area contributed by atoms with E-state index in [1.54, 1.807) is 12.1 Å². The molecule has 1 N–H and O–H groups in total. The van der Waals surface area contributed by atoms with Crippen molar-refractivity contribution >= 4 is 40.5 Å². The zero-order valence-corrected chi connectivity index (χ0v) is 13.3. The SMILES string of the molecule is CN1CCCCC1CCNc1c(Cl)cc(Cl)cc1Cl. The molecule has 1 unspecified atom stereocenters. The molecule has 1 aromatic rings. The summed E-state index contributed by atoms with van der Waals surface area (Å²) in [6.07, 6.45) is 5.03. The summed E-state index contributed by atoms with van der Waals surface area (Å²) in [6.45, 7) is 2.07. The minimum Gasteiger partial charge on any atom is -0.383 e. The van der Waals surface area contributed by atoms with Crippen molar-refractivity contribution in [3.8, 4) is 0 Å². The first-order valence-electron chi connectivity index (χ1n) is 6.66. The first-order valence-corrected chi connectivity index (χ1v) is 7.80. The van der Waals surface area contributed by atoms with Crippen molar-refractivity contribution in [2.75, 3.05) is 25.5 Å². The topological polar surface area (TPSA) is 15.3 Å². The Morgan fingerprint density at radius 3 is 2.53 bits per heavy atom. The number of halogens is 3. The number of nitrogens with zero attached hydrogens (tertiary/aromatic N) is 1. The summed E-state index contributed by atoms with van der Waals surface area (Å²) in [4.78, 5) is 2.44. The van der Waals surface area contributed by atoms with Gasteiger partial charge in [0.1, 0.15) is 0 Å². The van der Waals surface area contributed by atoms with Crippen LogP contribution in [0, 0.1) is 0 Å². The van der Waals surface area contributed by atoms with Gasteiger partial charge in [0.05, 0.1) is 15.7 Å². The predicted octanol–water partition coefficient (Wildman–Crippen LogP) is 4.93. The van der Waals surface area contributed by atoms with Gasteiger partial charge in [-0.1, -0.05) is 41.2 Å². The second-order valence-corrected chi connectivity index (χ2v) is 6.34. The Kier molecular flexibility index (Phi) is 5.64. The maximum absolute atomic E-state index is 6.14. The molecule has 1 aliphatic heterocycles. The van der Waals surface area contributed by atoms with E-state index in [2.05, 4.69) is 17.3 Å². The fraction of sp³-hybridized carbons (Fsp3) is 0.571. The monoisotopic (exact) mass is 320 g/mol. The van der Waals surface area contributed by atoms with Crippen molar-refractivity contribution in [2.24, 2.45) is 0 Å². The molecule has 0 bridgehead atoms. The third-order valence-corrected chi connectivity index (χ3v) is 4.52. The van der Waals surface area contributed by atoms with Crippen LogP contribution in [0.1, 0.15) is 25.7 Å². The van der Waals surface area contributed by atoms with Crippen LogP contribution in [0.4, 0.5) is 5.69 Å². The third-order valence-electron chi connectivity index (χ3n) is 3.71. The highest BCUT2D eigenvalue weighted by Crippen LogP contribution is 2.33. The molecule has 0 radical (unpaired) electrons. The lowest BCUT2D eigenvalue weighted by Gasteiger charge is -2.32. The molecule has 0 spiro atoms. The van der Waals surface area contributed by atoms with Gasteiger partial charge in [-0.05, 0) is 45.0 Å². The molecule has 0 aromatic heterocycles. The lowest BCUT2D eigenvalue weighted by atomic mass is 10.0. The molecule has 0 amide bonds. The van der Waals surface area contributed by atoms with Crippen molar-refractivity contribution < 1.29 is 0 Å². The minimum absolute atomic E-state index is 0.563. The molecular formula is C14H19Cl3N2. The van der Waals surface area contributed by atoms with Crippen LogP contribution in [0.15, 0.2) is 12.1 Å². The number of nitrogens with one attached hydrogen (secondary N) is 1. The summed E-state index contributed by atoms with van der Waals surface area (Å²) in [5.41, 5.74) is 0.784. The molecule has 1 fully saturated rings. The molecule has 106 valence electrons. The van der Waals surface area contributed by atoms with Gasteiger partial charge in [-0.15, -0.1) is 0 Å². The molecule has 5 heteroatoms. The van der Waals surface area contributed by atoms with Crippen molar-refractivity contribution in [1.82, 2.24) is 4.90 Å². The second kappa shape index (κ2) is 7.03. The third kappa shape index (κ3) is 4.16. The Balaban J connectivity index is 1.89. The summed E-state index contributed by atoms with van der Waals surface area (Å²) in [5, 5.41) is 5.05. The van der Waals surface area contributed by atoms with Gasteiger partial charge in [-0.3, -0.25) is 0 Å². The number of piperidine rings is 1. The van der Waals surface area contributed by atoms with Gasteiger partial charge in [0.25, 0.3) is 0 Å². The lowest BCUT2D eigenvalue weighted by molar-refractivity contribution is 0.179. The van der Waals surface area contributed by atoms with Crippen LogP contribution in [0.25, 0.3) is 0 Å². The Labute approximate surface area is 130 Å². The summed E-state index contributed by atoms with van der Waals surface area (Å²) < 4.78 is 0. The molecule has 1 heterocycles. The standard InChI is InChI=1S/C14H19Cl3N2/c1-19-7-3-2-4-11(19)5-6-18-14-12(16)8-10(15)9-13(14)17/h8-9,11,18H,2-7H2,1H3. The molecule has 2 rings (SSSR count). The number of rotatable bonds is 4. The predicted molar refractivity (Wildman–Crippen MR) is 84.8 cm³/mol. The smallest absolute Gasteiger partial charge is 0.0720 e. The Morgan fingerprint density at radius 2 is 1.89 bits per heavy atom. The van der Waals surface area contributed by atoms with E-state index in [9.17, 15) is 0 Å². The van der Waals surface area contributed by atoms with Crippen molar-refractivity contribution in [1.29, 1.82) is 0 Å². The van der Waals surface area contributed by atoms with Crippen LogP contribution in [0.2, 0.25) is 15.1 Å². The van der Waals surface area contributed by atoms with Gasteiger partial charge in [0.15, 0.2) is 0 Å². The maximum atomic E-state index is 6.14. The van der Waals surface area contributed by atoms with Gasteiger partial charge < -0.3 is 10.2 Å². The zero-order chi connectivity index (χ0) is 13.8. The normalized spacial score (nSPS) is 20.5. The van der Waals surface area contributed by atoms with Crippen LogP contribution >= 0.6 is 34.8 Å². The fourth-order valence-corrected chi connectivity index (χ4v) is 3.53. The highest BCUT2D eigenvalue weighted by Gasteiger charge is 2.18. The van der Waals surface area contributed by atoms with Crippen molar-refractivity contribution in [3.63, 3.8) is 0 Å². The van der Waals surface area contributed by atoms with E-state index in [0.717, 1.165) is 18.7 Å². The quantitative estimate of drug-likeness (QED) is 0.845. The summed E-state index contributed by atoms with van der Waals surface area (Å²) in [5.74, 6) is 0. The van der Waals surface area contributed by atoms with Gasteiger partial charge in [0, 0.05) is 17.6 Å². The van der Waals surface area contributed by atoms with Crippen LogP contribution in [-0.4, -0.2) is 31.1 Å². The van der Waals surface area contributed by atoms with Crippen molar-refractivity contribution in [2.45, 2.75) is 31.7 Å². The van der Waals surface area contributed by atoms with E-state index >= 15 is 0 Å². The molecule has 1 aliphatic rings. The highest BCUT2D eigenvalue weighted by atomic mass is 35.5. The van der Waals surface area contributed by atoms with Crippen LogP contribution < -0.4 is 5.32 Å². The summed E-state index contributed by atoms with van der Waals surface area (Å²) >= 11 is 18.2. The van der Waals surface area contributed by atoms with Gasteiger partial charge in [0.2, 0.25) is 0 Å². The Hall–Kier alpha value is -0.150. The first kappa shape index (κ1) is 15.2. The van der Waals surface area contributed by atoms with E-state index < -0.39 is 0 Å². The van der Waals surface area contributed by atoms with Gasteiger partial charge in [-0.2, -0.15) is 0 Å². The van der Waals surface area contributed by atoms with E-state index in [1.807, 2.05) is 0 Å². The number of hydrogen-bond donors (Lipinski definition) is 1. The van der Waals surface area contributed by atoms with Crippen LogP contribution in [0.5, 0.6) is 0 Å². The molecule has 0 saturated carbocycles. The van der Waals surface area contributed by atoms with Crippen LogP contribution in [0.3, 0.4) is 0 Å². The lowest BCUT2D eigenvalue weighted by Crippen LogP contribution is -2.37. The Bertz CT molecular complexity index is 414. The molecule has 1 atom stereocenters. The summed E-state index contributed by atoms with van der Waals surface area (Å²) in [7, 11) is 2.20. The number of likely N-dealkylation sites (tertiary alicyclic amines) is 1. The Morgan fingerprint density at radius 1 is 1.21 bits per heavy atom. The molecular weight excluding hydrogens is 303 g/mol. The van der Waals surface area contributed by atoms with E-state index in [-0.39, 0.29) is 0 Å². The first-order chi connectivity index (χ1) is 9.08. The van der Waals surface area contributed by atoms with Gasteiger partial charge in [-0.25, -0.2) is 0 Å². The average Bonchev–Trinajstić information content (AvgIpc) is 2.34. The fourth-order valence-electron chi connectivity index (χ4n) is 2.58. The van der Waals surface area contributed by atoms with E-state index in [1.165, 1.54) is 25.8 Å². The average molecular weight is 322 g/mol. The second-order valence-electron chi connectivity index (χ2n) is 5.09. The minimum atomic E-state index is 0.563. The number of anilines is 1. The molecule has 0 aliphatic carbocycles. The van der Waals surface area contributed by atoms with E-state index in [4.69, 9.17) is 34.8 Å². The van der Waals surface area contributed by atoms with E-state index in [0.29, 0.717) is 21.1 Å². The maximum Gasteiger partial charge on any atom is 0.0720 e. The zero-order valence-electron chi connectivity index (χ0n) is 11.1. The van der Waals surface area contributed by atoms with Gasteiger partial charge >= 0.3 is 0 Å². The molecule has 19 heavy (non-hydrogen) atoms. The molecule has 2 nitrogen and oxygen atoms in total.